The van der Waals surface area contributed by atoms with Crippen molar-refractivity contribution in [3.8, 4) is 0 Å². The Morgan fingerprint density at radius 1 is 1.00 bits per heavy atom. The van der Waals surface area contributed by atoms with E-state index in [1.165, 1.54) is 27.7 Å². The Morgan fingerprint density at radius 3 is 2.43 bits per heavy atom. The largest absolute Gasteiger partial charge is 0.389 e. The van der Waals surface area contributed by atoms with Crippen LogP contribution in [0.4, 0.5) is 5.69 Å². The van der Waals surface area contributed by atoms with Crippen LogP contribution >= 0.6 is 0 Å². The lowest BCUT2D eigenvalue weighted by Crippen LogP contribution is -2.25. The van der Waals surface area contributed by atoms with E-state index in [2.05, 4.69) is 67.1 Å². The number of hydrogen-bond acceptors (Lipinski definition) is 2. The Balaban J connectivity index is 1.72. The Morgan fingerprint density at radius 2 is 1.70 bits per heavy atom. The summed E-state index contributed by atoms with van der Waals surface area (Å²) in [6.07, 6.45) is -0.440. The molecule has 0 unspecified atom stereocenters. The Kier molecular flexibility index (Phi) is 4.39. The molecule has 0 radical (unpaired) electrons. The van der Waals surface area contributed by atoms with E-state index in [9.17, 15) is 5.11 Å². The molecule has 3 rings (SSSR count). The smallest absolute Gasteiger partial charge is 0.0891 e. The summed E-state index contributed by atoms with van der Waals surface area (Å²) in [7, 11) is 0. The monoisotopic (exact) mass is 308 g/mol. The molecule has 0 bridgehead atoms. The second-order valence-corrected chi connectivity index (χ2v) is 6.24. The van der Waals surface area contributed by atoms with Gasteiger partial charge in [-0.25, -0.2) is 0 Å². The van der Waals surface area contributed by atoms with Gasteiger partial charge in [0.1, 0.15) is 0 Å². The molecular formula is C20H24N2O. The quantitative estimate of drug-likeness (QED) is 0.746. The highest BCUT2D eigenvalue weighted by atomic mass is 16.3. The molecule has 3 heteroatoms. The maximum atomic E-state index is 10.4. The molecule has 2 N–H and O–H groups in total. The summed E-state index contributed by atoms with van der Waals surface area (Å²) < 4.78 is 2.21. The first-order valence-corrected chi connectivity index (χ1v) is 8.09. The lowest BCUT2D eigenvalue weighted by molar-refractivity contribution is 0.167. The van der Waals surface area contributed by atoms with Gasteiger partial charge in [0.05, 0.1) is 12.6 Å². The maximum absolute atomic E-state index is 10.4. The van der Waals surface area contributed by atoms with E-state index in [0.29, 0.717) is 13.1 Å². The predicted octanol–water partition coefficient (Wildman–Crippen LogP) is 4.04. The number of nitrogens with zero attached hydrogens (tertiary/aromatic N) is 1. The molecule has 0 spiro atoms. The van der Waals surface area contributed by atoms with Crippen LogP contribution < -0.4 is 5.32 Å². The van der Waals surface area contributed by atoms with Crippen LogP contribution in [0.15, 0.2) is 48.5 Å². The fourth-order valence-electron chi connectivity index (χ4n) is 3.02. The summed E-state index contributed by atoms with van der Waals surface area (Å²) in [6.45, 7) is 7.47. The Labute approximate surface area is 137 Å². The van der Waals surface area contributed by atoms with Crippen LogP contribution in [0, 0.1) is 20.8 Å². The second-order valence-electron chi connectivity index (χ2n) is 6.24. The zero-order chi connectivity index (χ0) is 16.4. The summed E-state index contributed by atoms with van der Waals surface area (Å²) in [5, 5.41) is 15.0. The highest BCUT2D eigenvalue weighted by molar-refractivity contribution is 5.85. The van der Waals surface area contributed by atoms with Crippen molar-refractivity contribution in [2.24, 2.45) is 0 Å². The lowest BCUT2D eigenvalue weighted by Gasteiger charge is -2.16. The average Bonchev–Trinajstić information content (AvgIpc) is 2.80. The number of aromatic nitrogens is 1. The first kappa shape index (κ1) is 15.6. The van der Waals surface area contributed by atoms with Crippen molar-refractivity contribution in [3.63, 3.8) is 0 Å². The first-order valence-electron chi connectivity index (χ1n) is 8.09. The molecule has 0 aliphatic carbocycles. The van der Waals surface area contributed by atoms with Crippen LogP contribution in [0.25, 0.3) is 10.9 Å². The zero-order valence-electron chi connectivity index (χ0n) is 14.0. The number of para-hydroxylation sites is 1. The normalized spacial score (nSPS) is 12.5. The first-order chi connectivity index (χ1) is 11.1. The molecule has 120 valence electrons. The Hall–Kier alpha value is -2.26. The van der Waals surface area contributed by atoms with Crippen LogP contribution in [-0.4, -0.2) is 22.3 Å². The van der Waals surface area contributed by atoms with Gasteiger partial charge in [0, 0.05) is 28.8 Å². The van der Waals surface area contributed by atoms with Crippen molar-refractivity contribution in [2.75, 3.05) is 11.9 Å². The summed E-state index contributed by atoms with van der Waals surface area (Å²) in [4.78, 5) is 0. The summed E-state index contributed by atoms with van der Waals surface area (Å²) in [6, 6.07) is 16.6. The van der Waals surface area contributed by atoms with E-state index in [1.54, 1.807) is 0 Å². The molecule has 3 nitrogen and oxygen atoms in total. The number of fused-ring (bicyclic) bond motifs is 1. The fraction of sp³-hybridized carbons (Fsp3) is 0.300. The summed E-state index contributed by atoms with van der Waals surface area (Å²) >= 11 is 0. The van der Waals surface area contributed by atoms with Gasteiger partial charge in [0.2, 0.25) is 0 Å². The number of aryl methyl sites for hydroxylation is 2. The van der Waals surface area contributed by atoms with Crippen molar-refractivity contribution in [3.05, 3.63) is 65.4 Å². The van der Waals surface area contributed by atoms with Crippen LogP contribution in [0.2, 0.25) is 0 Å². The van der Waals surface area contributed by atoms with Gasteiger partial charge in [-0.1, -0.05) is 35.9 Å². The minimum atomic E-state index is -0.440. The molecule has 0 saturated carbocycles. The number of aliphatic hydroxyl groups is 1. The number of nitrogens with one attached hydrogen (secondary N) is 1. The van der Waals surface area contributed by atoms with Crippen molar-refractivity contribution < 1.29 is 5.11 Å². The summed E-state index contributed by atoms with van der Waals surface area (Å²) in [5.74, 6) is 0. The van der Waals surface area contributed by atoms with Gasteiger partial charge in [-0.3, -0.25) is 0 Å². The number of aliphatic hydroxyl groups excluding tert-OH is 1. The predicted molar refractivity (Wildman–Crippen MR) is 97.1 cm³/mol. The number of rotatable bonds is 5. The second kappa shape index (κ2) is 6.47. The van der Waals surface area contributed by atoms with Gasteiger partial charge in [-0.2, -0.15) is 0 Å². The van der Waals surface area contributed by atoms with Gasteiger partial charge in [0.25, 0.3) is 0 Å². The summed E-state index contributed by atoms with van der Waals surface area (Å²) in [5.41, 5.74) is 5.98. The van der Waals surface area contributed by atoms with E-state index in [4.69, 9.17) is 0 Å². The van der Waals surface area contributed by atoms with Crippen LogP contribution in [0.3, 0.4) is 0 Å². The molecule has 23 heavy (non-hydrogen) atoms. The van der Waals surface area contributed by atoms with Gasteiger partial charge in [-0.05, 0) is 44.5 Å². The third kappa shape index (κ3) is 3.25. The van der Waals surface area contributed by atoms with Gasteiger partial charge >= 0.3 is 0 Å². The average molecular weight is 308 g/mol. The number of hydrogen-bond donors (Lipinski definition) is 2. The minimum Gasteiger partial charge on any atom is -0.389 e. The molecule has 1 heterocycles. The van der Waals surface area contributed by atoms with E-state index in [1.807, 2.05) is 12.1 Å². The highest BCUT2D eigenvalue weighted by Gasteiger charge is 2.13. The SMILES string of the molecule is Cc1ccc(NC[C@@H](O)Cn2c(C)c(C)c3ccccc32)cc1. The van der Waals surface area contributed by atoms with Crippen LogP contribution in [-0.2, 0) is 6.54 Å². The third-order valence-electron chi connectivity index (χ3n) is 4.53. The van der Waals surface area contributed by atoms with Crippen LogP contribution in [0.1, 0.15) is 16.8 Å². The van der Waals surface area contributed by atoms with E-state index >= 15 is 0 Å². The molecule has 0 saturated heterocycles. The zero-order valence-corrected chi connectivity index (χ0v) is 14.0. The molecule has 0 aliphatic heterocycles. The van der Waals surface area contributed by atoms with Crippen molar-refractivity contribution >= 4 is 16.6 Å². The molecule has 1 aromatic heterocycles. The standard InChI is InChI=1S/C20H24N2O/c1-14-8-10-17(11-9-14)21-12-18(23)13-22-16(3)15(2)19-6-4-5-7-20(19)22/h4-11,18,21,23H,12-13H2,1-3H3/t18-/m1/s1. The number of benzene rings is 2. The molecule has 3 aromatic rings. The van der Waals surface area contributed by atoms with Gasteiger partial charge < -0.3 is 15.0 Å². The lowest BCUT2D eigenvalue weighted by atomic mass is 10.2. The van der Waals surface area contributed by atoms with E-state index < -0.39 is 6.10 Å². The van der Waals surface area contributed by atoms with E-state index in [0.717, 1.165) is 5.69 Å². The maximum Gasteiger partial charge on any atom is 0.0891 e. The Bertz CT molecular complexity index is 802. The van der Waals surface area contributed by atoms with Gasteiger partial charge in [0.15, 0.2) is 0 Å². The molecule has 0 aliphatic rings. The van der Waals surface area contributed by atoms with E-state index in [-0.39, 0.29) is 0 Å². The minimum absolute atomic E-state index is 0.440. The van der Waals surface area contributed by atoms with Crippen LogP contribution in [0.5, 0.6) is 0 Å². The highest BCUT2D eigenvalue weighted by Crippen LogP contribution is 2.25. The third-order valence-corrected chi connectivity index (χ3v) is 4.53. The topological polar surface area (TPSA) is 37.2 Å². The van der Waals surface area contributed by atoms with Crippen molar-refractivity contribution in [1.29, 1.82) is 0 Å². The van der Waals surface area contributed by atoms with Crippen molar-refractivity contribution in [2.45, 2.75) is 33.4 Å². The fourth-order valence-corrected chi connectivity index (χ4v) is 3.02. The molecule has 2 aromatic carbocycles. The molecule has 1 atom stereocenters. The molecule has 0 amide bonds. The van der Waals surface area contributed by atoms with Crippen molar-refractivity contribution in [1.82, 2.24) is 4.57 Å². The van der Waals surface area contributed by atoms with Gasteiger partial charge in [-0.15, -0.1) is 0 Å². The molecular weight excluding hydrogens is 284 g/mol. The molecule has 0 fully saturated rings. The number of anilines is 1.